The van der Waals surface area contributed by atoms with Crippen LogP contribution in [0.2, 0.25) is 0 Å². The molecule has 3 aromatic rings. The molecule has 1 saturated heterocycles. The first-order chi connectivity index (χ1) is 16.2. The highest BCUT2D eigenvalue weighted by Gasteiger charge is 2.28. The van der Waals surface area contributed by atoms with Crippen LogP contribution in [0.5, 0.6) is 0 Å². The number of carbonyl (C=O) groups excluding carboxylic acids is 2. The first-order valence-electron chi connectivity index (χ1n) is 11.7. The number of nitrogens with zero attached hydrogens (tertiary/aromatic N) is 1. The van der Waals surface area contributed by atoms with Gasteiger partial charge in [-0.2, -0.15) is 0 Å². The van der Waals surface area contributed by atoms with E-state index >= 15 is 0 Å². The van der Waals surface area contributed by atoms with E-state index in [2.05, 4.69) is 59.2 Å². The molecule has 2 N–H and O–H groups in total. The van der Waals surface area contributed by atoms with Crippen LogP contribution in [-0.2, 0) is 4.79 Å². The SMILES string of the molecule is O=C(NCCC(c1ccccc1)c1ccccc1)[C@@H]1CCCN(C(=O)Nc2ccccc2)C1. The molecule has 4 rings (SSSR count). The lowest BCUT2D eigenvalue weighted by Crippen LogP contribution is -2.47. The zero-order valence-electron chi connectivity index (χ0n) is 18.8. The van der Waals surface area contributed by atoms with Crippen LogP contribution in [0.1, 0.15) is 36.3 Å². The lowest BCUT2D eigenvalue weighted by molar-refractivity contribution is -0.126. The number of urea groups is 1. The van der Waals surface area contributed by atoms with Gasteiger partial charge in [-0.3, -0.25) is 4.79 Å². The molecule has 1 aliphatic rings. The van der Waals surface area contributed by atoms with Gasteiger partial charge in [-0.05, 0) is 42.5 Å². The van der Waals surface area contributed by atoms with Gasteiger partial charge in [0.05, 0.1) is 5.92 Å². The van der Waals surface area contributed by atoms with E-state index in [1.54, 1.807) is 4.90 Å². The third-order valence-electron chi connectivity index (χ3n) is 6.24. The van der Waals surface area contributed by atoms with E-state index < -0.39 is 0 Å². The molecule has 0 unspecified atom stereocenters. The summed E-state index contributed by atoms with van der Waals surface area (Å²) in [7, 11) is 0. The zero-order chi connectivity index (χ0) is 22.9. The van der Waals surface area contributed by atoms with Crippen molar-refractivity contribution in [2.24, 2.45) is 5.92 Å². The number of rotatable bonds is 7. The second-order valence-corrected chi connectivity index (χ2v) is 8.54. The molecule has 3 aromatic carbocycles. The van der Waals surface area contributed by atoms with Crippen LogP contribution in [0.3, 0.4) is 0 Å². The van der Waals surface area contributed by atoms with Gasteiger partial charge in [-0.1, -0.05) is 78.9 Å². The second-order valence-electron chi connectivity index (χ2n) is 8.54. The molecule has 0 bridgehead atoms. The number of hydrogen-bond acceptors (Lipinski definition) is 2. The van der Waals surface area contributed by atoms with Crippen molar-refractivity contribution < 1.29 is 9.59 Å². The van der Waals surface area contributed by atoms with Gasteiger partial charge in [0.1, 0.15) is 0 Å². The fourth-order valence-corrected chi connectivity index (χ4v) is 4.48. The molecule has 5 heteroatoms. The average molecular weight is 442 g/mol. The van der Waals surface area contributed by atoms with Crippen molar-refractivity contribution in [2.45, 2.75) is 25.2 Å². The van der Waals surface area contributed by atoms with Gasteiger partial charge in [0.2, 0.25) is 5.91 Å². The molecule has 5 nitrogen and oxygen atoms in total. The van der Waals surface area contributed by atoms with Crippen molar-refractivity contribution in [3.63, 3.8) is 0 Å². The summed E-state index contributed by atoms with van der Waals surface area (Å²) in [4.78, 5) is 27.3. The van der Waals surface area contributed by atoms with Crippen LogP contribution in [0.4, 0.5) is 10.5 Å². The van der Waals surface area contributed by atoms with Gasteiger partial charge in [-0.15, -0.1) is 0 Å². The Morgan fingerprint density at radius 2 is 1.42 bits per heavy atom. The molecule has 33 heavy (non-hydrogen) atoms. The van der Waals surface area contributed by atoms with Gasteiger partial charge in [-0.25, -0.2) is 4.79 Å². The fraction of sp³-hybridized carbons (Fsp3) is 0.286. The zero-order valence-corrected chi connectivity index (χ0v) is 18.8. The fourth-order valence-electron chi connectivity index (χ4n) is 4.48. The van der Waals surface area contributed by atoms with Crippen molar-refractivity contribution in [1.82, 2.24) is 10.2 Å². The summed E-state index contributed by atoms with van der Waals surface area (Å²) in [5.41, 5.74) is 3.26. The maximum absolute atomic E-state index is 12.9. The van der Waals surface area contributed by atoms with Gasteiger partial charge in [0.15, 0.2) is 0 Å². The smallest absolute Gasteiger partial charge is 0.321 e. The number of amides is 3. The number of piperidine rings is 1. The lowest BCUT2D eigenvalue weighted by atomic mass is 9.88. The number of benzene rings is 3. The molecule has 1 atom stereocenters. The van der Waals surface area contributed by atoms with Crippen LogP contribution in [0.15, 0.2) is 91.0 Å². The van der Waals surface area contributed by atoms with E-state index in [0.29, 0.717) is 19.6 Å². The van der Waals surface area contributed by atoms with Crippen LogP contribution < -0.4 is 10.6 Å². The van der Waals surface area contributed by atoms with Crippen LogP contribution in [0.25, 0.3) is 0 Å². The molecule has 1 fully saturated rings. The maximum atomic E-state index is 12.9. The first kappa shape index (κ1) is 22.6. The Balaban J connectivity index is 1.31. The summed E-state index contributed by atoms with van der Waals surface area (Å²) in [6.07, 6.45) is 2.46. The second kappa shape index (κ2) is 11.3. The molecule has 0 aliphatic carbocycles. The predicted octanol–water partition coefficient (Wildman–Crippen LogP) is 5.27. The molecule has 0 saturated carbocycles. The van der Waals surface area contributed by atoms with Crippen LogP contribution in [-0.4, -0.2) is 36.5 Å². The molecular formula is C28H31N3O2. The number of carbonyl (C=O) groups is 2. The minimum atomic E-state index is -0.174. The van der Waals surface area contributed by atoms with Gasteiger partial charge < -0.3 is 15.5 Å². The Labute approximate surface area is 195 Å². The van der Waals surface area contributed by atoms with E-state index in [9.17, 15) is 9.59 Å². The third-order valence-corrected chi connectivity index (χ3v) is 6.24. The monoisotopic (exact) mass is 441 g/mol. The van der Waals surface area contributed by atoms with E-state index in [0.717, 1.165) is 24.9 Å². The molecule has 0 spiro atoms. The van der Waals surface area contributed by atoms with Crippen molar-refractivity contribution in [1.29, 1.82) is 0 Å². The summed E-state index contributed by atoms with van der Waals surface area (Å²) in [6.45, 7) is 1.72. The quantitative estimate of drug-likeness (QED) is 0.525. The Bertz CT molecular complexity index is 985. The van der Waals surface area contributed by atoms with Crippen LogP contribution in [0, 0.1) is 5.92 Å². The Hall–Kier alpha value is -3.60. The number of para-hydroxylation sites is 1. The summed E-state index contributed by atoms with van der Waals surface area (Å²) < 4.78 is 0. The number of hydrogen-bond donors (Lipinski definition) is 2. The van der Waals surface area contributed by atoms with Crippen LogP contribution >= 0.6 is 0 Å². The summed E-state index contributed by atoms with van der Waals surface area (Å²) >= 11 is 0. The number of anilines is 1. The molecule has 1 aliphatic heterocycles. The van der Waals surface area contributed by atoms with E-state index in [-0.39, 0.29) is 23.8 Å². The number of likely N-dealkylation sites (tertiary alicyclic amines) is 1. The van der Waals surface area contributed by atoms with E-state index in [1.807, 2.05) is 42.5 Å². The van der Waals surface area contributed by atoms with Crippen molar-refractivity contribution in [3.8, 4) is 0 Å². The molecule has 0 aromatic heterocycles. The topological polar surface area (TPSA) is 61.4 Å². The highest BCUT2D eigenvalue weighted by molar-refractivity contribution is 5.90. The lowest BCUT2D eigenvalue weighted by Gasteiger charge is -2.32. The molecule has 170 valence electrons. The summed E-state index contributed by atoms with van der Waals surface area (Å²) in [5, 5.41) is 6.06. The molecule has 1 heterocycles. The van der Waals surface area contributed by atoms with E-state index in [1.165, 1.54) is 11.1 Å². The normalized spacial score (nSPS) is 15.8. The highest BCUT2D eigenvalue weighted by atomic mass is 16.2. The van der Waals surface area contributed by atoms with Gasteiger partial charge >= 0.3 is 6.03 Å². The average Bonchev–Trinajstić information content (AvgIpc) is 2.88. The first-order valence-corrected chi connectivity index (χ1v) is 11.7. The highest BCUT2D eigenvalue weighted by Crippen LogP contribution is 2.27. The predicted molar refractivity (Wildman–Crippen MR) is 132 cm³/mol. The minimum absolute atomic E-state index is 0.0343. The largest absolute Gasteiger partial charge is 0.356 e. The molecular weight excluding hydrogens is 410 g/mol. The third kappa shape index (κ3) is 6.22. The standard InChI is InChI=1S/C28H31N3O2/c32-27(24-15-10-20-31(21-24)28(33)30-25-16-8-3-9-17-25)29-19-18-26(22-11-4-1-5-12-22)23-13-6-2-7-14-23/h1-9,11-14,16-17,24,26H,10,15,18-21H2,(H,29,32)(H,30,33)/t24-/m1/s1. The van der Waals surface area contributed by atoms with Crippen molar-refractivity contribution >= 4 is 17.6 Å². The van der Waals surface area contributed by atoms with Crippen molar-refractivity contribution in [3.05, 3.63) is 102 Å². The Morgan fingerprint density at radius 3 is 2.03 bits per heavy atom. The van der Waals surface area contributed by atoms with Crippen molar-refractivity contribution in [2.75, 3.05) is 25.0 Å². The minimum Gasteiger partial charge on any atom is -0.356 e. The Kier molecular flexibility index (Phi) is 7.75. The van der Waals surface area contributed by atoms with Gasteiger partial charge in [0.25, 0.3) is 0 Å². The molecule has 0 radical (unpaired) electrons. The maximum Gasteiger partial charge on any atom is 0.321 e. The Morgan fingerprint density at radius 1 is 0.848 bits per heavy atom. The molecule has 3 amide bonds. The van der Waals surface area contributed by atoms with E-state index in [4.69, 9.17) is 0 Å². The van der Waals surface area contributed by atoms with Gasteiger partial charge in [0, 0.05) is 31.2 Å². The number of nitrogens with one attached hydrogen (secondary N) is 2. The summed E-state index contributed by atoms with van der Waals surface area (Å²) in [5.74, 6) is 0.0893. The summed E-state index contributed by atoms with van der Waals surface area (Å²) in [6, 6.07) is 30.1.